The van der Waals surface area contributed by atoms with Crippen molar-refractivity contribution in [2.75, 3.05) is 7.05 Å². The van der Waals surface area contributed by atoms with Crippen LogP contribution in [0.4, 0.5) is 0 Å². The number of halogens is 1. The second-order valence-corrected chi connectivity index (χ2v) is 5.26. The SMILES string of the molecule is CNC(c1cncc(Br)c1)c1cc2ccccc2o1. The van der Waals surface area contributed by atoms with E-state index < -0.39 is 0 Å². The summed E-state index contributed by atoms with van der Waals surface area (Å²) >= 11 is 3.45. The van der Waals surface area contributed by atoms with E-state index in [9.17, 15) is 0 Å². The first-order valence-electron chi connectivity index (χ1n) is 6.04. The van der Waals surface area contributed by atoms with Gasteiger partial charge in [0.2, 0.25) is 0 Å². The molecular weight excluding hydrogens is 304 g/mol. The zero-order valence-electron chi connectivity index (χ0n) is 10.4. The predicted octanol–water partition coefficient (Wildman–Crippen LogP) is 3.90. The molecule has 0 fully saturated rings. The smallest absolute Gasteiger partial charge is 0.134 e. The van der Waals surface area contributed by atoms with E-state index in [4.69, 9.17) is 4.42 Å². The Balaban J connectivity index is 2.06. The predicted molar refractivity (Wildman–Crippen MR) is 79.1 cm³/mol. The Morgan fingerprint density at radius 1 is 1.21 bits per heavy atom. The second kappa shape index (κ2) is 5.15. The van der Waals surface area contributed by atoms with E-state index in [2.05, 4.69) is 32.3 Å². The summed E-state index contributed by atoms with van der Waals surface area (Å²) in [6.07, 6.45) is 3.62. The summed E-state index contributed by atoms with van der Waals surface area (Å²) < 4.78 is 6.87. The molecule has 3 rings (SSSR count). The van der Waals surface area contributed by atoms with Gasteiger partial charge in [0.1, 0.15) is 11.3 Å². The van der Waals surface area contributed by atoms with Crippen LogP contribution in [0.2, 0.25) is 0 Å². The van der Waals surface area contributed by atoms with Crippen molar-refractivity contribution in [2.24, 2.45) is 0 Å². The monoisotopic (exact) mass is 316 g/mol. The highest BCUT2D eigenvalue weighted by Gasteiger charge is 2.17. The first-order chi connectivity index (χ1) is 9.28. The minimum Gasteiger partial charge on any atom is -0.459 e. The van der Waals surface area contributed by atoms with E-state index in [1.807, 2.05) is 43.6 Å². The molecule has 0 aliphatic rings. The van der Waals surface area contributed by atoms with Crippen molar-refractivity contribution in [3.63, 3.8) is 0 Å². The molecule has 1 aromatic carbocycles. The normalized spacial score (nSPS) is 12.7. The van der Waals surface area contributed by atoms with Gasteiger partial charge in [-0.2, -0.15) is 0 Å². The second-order valence-electron chi connectivity index (χ2n) is 4.34. The Kier molecular flexibility index (Phi) is 3.36. The number of benzene rings is 1. The van der Waals surface area contributed by atoms with Crippen LogP contribution in [-0.4, -0.2) is 12.0 Å². The van der Waals surface area contributed by atoms with Gasteiger partial charge in [-0.05, 0) is 46.7 Å². The molecule has 96 valence electrons. The van der Waals surface area contributed by atoms with E-state index in [1.165, 1.54) is 0 Å². The highest BCUT2D eigenvalue weighted by molar-refractivity contribution is 9.10. The van der Waals surface area contributed by atoms with E-state index in [0.717, 1.165) is 26.8 Å². The van der Waals surface area contributed by atoms with E-state index in [-0.39, 0.29) is 6.04 Å². The minimum absolute atomic E-state index is 0.00241. The number of para-hydroxylation sites is 1. The molecule has 0 spiro atoms. The van der Waals surface area contributed by atoms with Crippen molar-refractivity contribution in [1.82, 2.24) is 10.3 Å². The number of nitrogens with zero attached hydrogens (tertiary/aromatic N) is 1. The fourth-order valence-corrected chi connectivity index (χ4v) is 2.59. The average molecular weight is 317 g/mol. The van der Waals surface area contributed by atoms with Gasteiger partial charge in [-0.15, -0.1) is 0 Å². The standard InChI is InChI=1S/C15H13BrN2O/c1-17-15(11-6-12(16)9-18-8-11)14-7-10-4-2-3-5-13(10)19-14/h2-9,15,17H,1H3. The summed E-state index contributed by atoms with van der Waals surface area (Å²) in [6.45, 7) is 0. The van der Waals surface area contributed by atoms with Gasteiger partial charge in [-0.1, -0.05) is 18.2 Å². The molecule has 0 amide bonds. The summed E-state index contributed by atoms with van der Waals surface area (Å²) in [7, 11) is 1.92. The van der Waals surface area contributed by atoms with Gasteiger partial charge in [0, 0.05) is 22.3 Å². The fourth-order valence-electron chi connectivity index (χ4n) is 2.20. The number of pyridine rings is 1. The number of rotatable bonds is 3. The summed E-state index contributed by atoms with van der Waals surface area (Å²) in [5, 5.41) is 4.38. The Morgan fingerprint density at radius 2 is 2.05 bits per heavy atom. The number of nitrogens with one attached hydrogen (secondary N) is 1. The lowest BCUT2D eigenvalue weighted by atomic mass is 10.1. The molecular formula is C15H13BrN2O. The molecule has 3 aromatic rings. The zero-order chi connectivity index (χ0) is 13.2. The molecule has 1 unspecified atom stereocenters. The molecule has 0 aliphatic heterocycles. The molecule has 4 heteroatoms. The summed E-state index contributed by atoms with van der Waals surface area (Å²) in [4.78, 5) is 4.20. The molecule has 0 saturated carbocycles. The van der Waals surface area contributed by atoms with Crippen molar-refractivity contribution in [3.05, 3.63) is 64.6 Å². The molecule has 1 atom stereocenters. The number of fused-ring (bicyclic) bond motifs is 1. The van der Waals surface area contributed by atoms with Crippen molar-refractivity contribution < 1.29 is 4.42 Å². The lowest BCUT2D eigenvalue weighted by Gasteiger charge is -2.13. The van der Waals surface area contributed by atoms with Crippen LogP contribution in [0.5, 0.6) is 0 Å². The third-order valence-electron chi connectivity index (χ3n) is 3.08. The minimum atomic E-state index is -0.00241. The molecule has 0 radical (unpaired) electrons. The number of aromatic nitrogens is 1. The summed E-state index contributed by atoms with van der Waals surface area (Å²) in [5.41, 5.74) is 1.97. The maximum Gasteiger partial charge on any atom is 0.134 e. The highest BCUT2D eigenvalue weighted by atomic mass is 79.9. The van der Waals surface area contributed by atoms with Crippen molar-refractivity contribution in [1.29, 1.82) is 0 Å². The third-order valence-corrected chi connectivity index (χ3v) is 3.51. The van der Waals surface area contributed by atoms with Crippen LogP contribution in [0.1, 0.15) is 17.4 Å². The van der Waals surface area contributed by atoms with Gasteiger partial charge in [0.25, 0.3) is 0 Å². The van der Waals surface area contributed by atoms with Crippen molar-refractivity contribution in [3.8, 4) is 0 Å². The van der Waals surface area contributed by atoms with E-state index in [0.29, 0.717) is 0 Å². The molecule has 0 aliphatic carbocycles. The number of hydrogen-bond donors (Lipinski definition) is 1. The number of furan rings is 1. The molecule has 1 N–H and O–H groups in total. The molecule has 19 heavy (non-hydrogen) atoms. The fraction of sp³-hybridized carbons (Fsp3) is 0.133. The molecule has 0 saturated heterocycles. The number of hydrogen-bond acceptors (Lipinski definition) is 3. The quantitative estimate of drug-likeness (QED) is 0.796. The van der Waals surface area contributed by atoms with Crippen LogP contribution < -0.4 is 5.32 Å². The topological polar surface area (TPSA) is 38.1 Å². The molecule has 2 heterocycles. The Hall–Kier alpha value is -1.65. The van der Waals surface area contributed by atoms with Gasteiger partial charge < -0.3 is 9.73 Å². The van der Waals surface area contributed by atoms with Crippen LogP contribution in [0.3, 0.4) is 0 Å². The Morgan fingerprint density at radius 3 is 2.79 bits per heavy atom. The molecule has 0 bridgehead atoms. The Bertz CT molecular complexity index is 675. The van der Waals surface area contributed by atoms with Gasteiger partial charge in [-0.3, -0.25) is 4.98 Å². The van der Waals surface area contributed by atoms with Crippen LogP contribution in [-0.2, 0) is 0 Å². The van der Waals surface area contributed by atoms with Crippen LogP contribution in [0, 0.1) is 0 Å². The summed E-state index contributed by atoms with van der Waals surface area (Å²) in [6, 6.07) is 12.1. The van der Waals surface area contributed by atoms with Crippen molar-refractivity contribution in [2.45, 2.75) is 6.04 Å². The van der Waals surface area contributed by atoms with E-state index >= 15 is 0 Å². The first-order valence-corrected chi connectivity index (χ1v) is 6.83. The van der Waals surface area contributed by atoms with Crippen LogP contribution >= 0.6 is 15.9 Å². The highest BCUT2D eigenvalue weighted by Crippen LogP contribution is 2.28. The average Bonchev–Trinajstić information content (AvgIpc) is 2.83. The lowest BCUT2D eigenvalue weighted by molar-refractivity contribution is 0.491. The third kappa shape index (κ3) is 2.41. The van der Waals surface area contributed by atoms with E-state index in [1.54, 1.807) is 6.20 Å². The van der Waals surface area contributed by atoms with Gasteiger partial charge >= 0.3 is 0 Å². The molecule has 2 aromatic heterocycles. The maximum absolute atomic E-state index is 5.91. The van der Waals surface area contributed by atoms with Crippen LogP contribution in [0.15, 0.2) is 57.7 Å². The summed E-state index contributed by atoms with van der Waals surface area (Å²) in [5.74, 6) is 0.892. The Labute approximate surface area is 119 Å². The van der Waals surface area contributed by atoms with Gasteiger partial charge in [0.05, 0.1) is 6.04 Å². The van der Waals surface area contributed by atoms with Crippen LogP contribution in [0.25, 0.3) is 11.0 Å². The van der Waals surface area contributed by atoms with Gasteiger partial charge in [0.15, 0.2) is 0 Å². The van der Waals surface area contributed by atoms with Crippen molar-refractivity contribution >= 4 is 26.9 Å². The first kappa shape index (κ1) is 12.4. The largest absolute Gasteiger partial charge is 0.459 e. The maximum atomic E-state index is 5.91. The van der Waals surface area contributed by atoms with Gasteiger partial charge in [-0.25, -0.2) is 0 Å². The molecule has 3 nitrogen and oxygen atoms in total. The zero-order valence-corrected chi connectivity index (χ0v) is 12.0. The lowest BCUT2D eigenvalue weighted by Crippen LogP contribution is -2.17.